The highest BCUT2D eigenvalue weighted by Crippen LogP contribution is 2.41. The molecule has 0 bridgehead atoms. The molecule has 1 N–H and O–H groups in total. The molecule has 3 rings (SSSR count). The Morgan fingerprint density at radius 3 is 2.54 bits per heavy atom. The summed E-state index contributed by atoms with van der Waals surface area (Å²) >= 11 is 6.05. The van der Waals surface area contributed by atoms with E-state index in [0.717, 1.165) is 44.1 Å². The number of nitriles is 1. The second-order valence-corrected chi connectivity index (χ2v) is 7.71. The number of benzene rings is 2. The second-order valence-electron chi connectivity index (χ2n) is 7.27. The fourth-order valence-electron chi connectivity index (χ4n) is 3.85. The second kappa shape index (κ2) is 9.12. The van der Waals surface area contributed by atoms with Crippen molar-refractivity contribution in [3.05, 3.63) is 58.6 Å². The number of hydrogen-bond donors (Lipinski definition) is 1. The predicted molar refractivity (Wildman–Crippen MR) is 112 cm³/mol. The molecular formula is C23H25ClN2O2. The first-order valence-corrected chi connectivity index (χ1v) is 10.2. The van der Waals surface area contributed by atoms with E-state index in [1.807, 2.05) is 31.2 Å². The Morgan fingerprint density at radius 2 is 1.89 bits per heavy atom. The average Bonchev–Trinajstić information content (AvgIpc) is 2.73. The van der Waals surface area contributed by atoms with Crippen LogP contribution in [-0.2, 0) is 10.2 Å². The Morgan fingerprint density at radius 1 is 1.18 bits per heavy atom. The molecule has 1 aliphatic rings. The minimum Gasteiger partial charge on any atom is -0.492 e. The number of rotatable bonds is 6. The summed E-state index contributed by atoms with van der Waals surface area (Å²) in [5.74, 6) is 0.521. The van der Waals surface area contributed by atoms with Crippen LogP contribution in [0.3, 0.4) is 0 Å². The molecule has 0 saturated heterocycles. The zero-order valence-electron chi connectivity index (χ0n) is 16.1. The topological polar surface area (TPSA) is 62.1 Å². The molecule has 4 nitrogen and oxygen atoms in total. The lowest BCUT2D eigenvalue weighted by Crippen LogP contribution is -2.42. The predicted octanol–water partition coefficient (Wildman–Crippen LogP) is 5.84. The van der Waals surface area contributed by atoms with E-state index in [0.29, 0.717) is 28.6 Å². The monoisotopic (exact) mass is 396 g/mol. The number of carbonyl (C=O) groups is 1. The van der Waals surface area contributed by atoms with Gasteiger partial charge in [0.25, 0.3) is 0 Å². The van der Waals surface area contributed by atoms with Crippen molar-refractivity contribution in [2.75, 3.05) is 11.9 Å². The Labute approximate surface area is 171 Å². The smallest absolute Gasteiger partial charge is 0.235 e. The number of nitrogens with one attached hydrogen (secondary N) is 1. The van der Waals surface area contributed by atoms with Crippen LogP contribution < -0.4 is 10.1 Å². The van der Waals surface area contributed by atoms with Crippen LogP contribution in [0.4, 0.5) is 5.69 Å². The van der Waals surface area contributed by atoms with Crippen LogP contribution in [-0.4, -0.2) is 12.5 Å². The van der Waals surface area contributed by atoms with E-state index in [1.165, 1.54) is 0 Å². The first-order chi connectivity index (χ1) is 13.6. The summed E-state index contributed by atoms with van der Waals surface area (Å²) in [5, 5.41) is 13.1. The Kier molecular flexibility index (Phi) is 6.59. The number of anilines is 1. The molecule has 2 aromatic rings. The number of amides is 1. The number of halogens is 1. The van der Waals surface area contributed by atoms with Gasteiger partial charge in [-0.3, -0.25) is 4.79 Å². The van der Waals surface area contributed by atoms with Crippen molar-refractivity contribution < 1.29 is 9.53 Å². The highest BCUT2D eigenvalue weighted by Gasteiger charge is 2.41. The van der Waals surface area contributed by atoms with Crippen LogP contribution in [0.1, 0.15) is 56.6 Å². The lowest BCUT2D eigenvalue weighted by Gasteiger charge is -2.36. The Balaban J connectivity index is 1.86. The van der Waals surface area contributed by atoms with Crippen LogP contribution in [0.15, 0.2) is 42.5 Å². The molecule has 1 fully saturated rings. The van der Waals surface area contributed by atoms with Crippen molar-refractivity contribution in [2.45, 2.75) is 50.9 Å². The normalized spacial score (nSPS) is 15.5. The van der Waals surface area contributed by atoms with Crippen LogP contribution >= 0.6 is 11.6 Å². The highest BCUT2D eigenvalue weighted by molar-refractivity contribution is 6.30. The molecule has 0 radical (unpaired) electrons. The van der Waals surface area contributed by atoms with Crippen molar-refractivity contribution in [2.24, 2.45) is 0 Å². The van der Waals surface area contributed by atoms with Crippen molar-refractivity contribution in [1.82, 2.24) is 0 Å². The van der Waals surface area contributed by atoms with Crippen molar-refractivity contribution in [3.8, 4) is 11.8 Å². The highest BCUT2D eigenvalue weighted by atomic mass is 35.5. The summed E-state index contributed by atoms with van der Waals surface area (Å²) in [7, 11) is 0. The number of ether oxygens (including phenoxy) is 1. The zero-order valence-corrected chi connectivity index (χ0v) is 16.9. The minimum atomic E-state index is -0.562. The fourth-order valence-corrected chi connectivity index (χ4v) is 3.98. The maximum Gasteiger partial charge on any atom is 0.235 e. The van der Waals surface area contributed by atoms with Crippen LogP contribution in [0, 0.1) is 11.3 Å². The van der Waals surface area contributed by atoms with Crippen molar-refractivity contribution in [3.63, 3.8) is 0 Å². The molecule has 0 aromatic heterocycles. The maximum atomic E-state index is 13.4. The maximum absolute atomic E-state index is 13.4. The number of hydrogen-bond acceptors (Lipinski definition) is 3. The van der Waals surface area contributed by atoms with Gasteiger partial charge >= 0.3 is 0 Å². The van der Waals surface area contributed by atoms with E-state index < -0.39 is 5.41 Å². The first-order valence-electron chi connectivity index (χ1n) is 9.83. The van der Waals surface area contributed by atoms with Gasteiger partial charge in [0, 0.05) is 10.7 Å². The molecule has 2 aromatic carbocycles. The van der Waals surface area contributed by atoms with Crippen LogP contribution in [0.5, 0.6) is 5.75 Å². The largest absolute Gasteiger partial charge is 0.492 e. The van der Waals surface area contributed by atoms with Crippen LogP contribution in [0.25, 0.3) is 0 Å². The summed E-state index contributed by atoms with van der Waals surface area (Å²) in [5.41, 5.74) is 1.48. The van der Waals surface area contributed by atoms with E-state index >= 15 is 0 Å². The van der Waals surface area contributed by atoms with Gasteiger partial charge in [0.1, 0.15) is 11.8 Å². The lowest BCUT2D eigenvalue weighted by atomic mass is 9.68. The Hall–Kier alpha value is -2.51. The number of nitrogens with zero attached hydrogens (tertiary/aromatic N) is 1. The third-order valence-corrected chi connectivity index (χ3v) is 5.61. The van der Waals surface area contributed by atoms with Gasteiger partial charge in [-0.15, -0.1) is 0 Å². The van der Waals surface area contributed by atoms with E-state index in [4.69, 9.17) is 16.3 Å². The van der Waals surface area contributed by atoms with E-state index in [1.54, 1.807) is 18.2 Å². The molecule has 146 valence electrons. The Bertz CT molecular complexity index is 865. The van der Waals surface area contributed by atoms with Gasteiger partial charge in [-0.2, -0.15) is 5.26 Å². The summed E-state index contributed by atoms with van der Waals surface area (Å²) < 4.78 is 5.61. The van der Waals surface area contributed by atoms with E-state index in [2.05, 4.69) is 11.4 Å². The van der Waals surface area contributed by atoms with Gasteiger partial charge in [-0.05, 0) is 55.2 Å². The molecule has 5 heteroatoms. The summed E-state index contributed by atoms with van der Waals surface area (Å²) in [6.45, 7) is 2.57. The molecule has 1 saturated carbocycles. The summed E-state index contributed by atoms with van der Waals surface area (Å²) in [6.07, 6.45) is 5.66. The van der Waals surface area contributed by atoms with Crippen molar-refractivity contribution >= 4 is 23.2 Å². The van der Waals surface area contributed by atoms with Gasteiger partial charge in [-0.25, -0.2) is 0 Å². The van der Waals surface area contributed by atoms with E-state index in [-0.39, 0.29) is 5.91 Å². The van der Waals surface area contributed by atoms with Gasteiger partial charge in [0.2, 0.25) is 5.91 Å². The summed E-state index contributed by atoms with van der Waals surface area (Å²) in [6, 6.07) is 15.0. The fraction of sp³-hybridized carbons (Fsp3) is 0.391. The minimum absolute atomic E-state index is 0.0272. The average molecular weight is 397 g/mol. The number of carbonyl (C=O) groups excluding carboxylic acids is 1. The molecule has 1 amide bonds. The molecule has 0 aliphatic heterocycles. The molecule has 0 heterocycles. The van der Waals surface area contributed by atoms with Gasteiger partial charge in [-0.1, -0.05) is 49.9 Å². The van der Waals surface area contributed by atoms with Crippen molar-refractivity contribution in [1.29, 1.82) is 5.26 Å². The zero-order chi connectivity index (χ0) is 20.0. The molecule has 0 unspecified atom stereocenters. The third-order valence-electron chi connectivity index (χ3n) is 5.36. The quantitative estimate of drug-likeness (QED) is 0.666. The van der Waals surface area contributed by atoms with Gasteiger partial charge < -0.3 is 10.1 Å². The van der Waals surface area contributed by atoms with E-state index in [9.17, 15) is 10.1 Å². The first kappa shape index (κ1) is 20.2. The molecule has 0 atom stereocenters. The lowest BCUT2D eigenvalue weighted by molar-refractivity contribution is -0.122. The van der Waals surface area contributed by atoms with Crippen LogP contribution in [0.2, 0.25) is 5.02 Å². The third kappa shape index (κ3) is 4.31. The molecular weight excluding hydrogens is 372 g/mol. The van der Waals surface area contributed by atoms with Gasteiger partial charge in [0.15, 0.2) is 0 Å². The van der Waals surface area contributed by atoms with Gasteiger partial charge in [0.05, 0.1) is 17.6 Å². The molecule has 1 aliphatic carbocycles. The molecule has 0 spiro atoms. The standard InChI is InChI=1S/C23H25ClN2O2/c1-2-14-28-21-11-10-20(15-17(21)16-25)26-22(27)23(12-4-3-5-13-23)18-6-8-19(24)9-7-18/h6-11,15H,2-5,12-14H2,1H3,(H,26,27). The SMILES string of the molecule is CCCOc1ccc(NC(=O)C2(c3ccc(Cl)cc3)CCCCC2)cc1C#N. The molecule has 28 heavy (non-hydrogen) atoms. The summed E-state index contributed by atoms with van der Waals surface area (Å²) in [4.78, 5) is 13.4.